The lowest BCUT2D eigenvalue weighted by Crippen LogP contribution is -2.34. The highest BCUT2D eigenvalue weighted by Gasteiger charge is 2.31. The number of anilines is 3. The first-order valence-electron chi connectivity index (χ1n) is 10.7. The van der Waals surface area contributed by atoms with E-state index in [1.54, 1.807) is 24.5 Å². The van der Waals surface area contributed by atoms with E-state index >= 15 is 0 Å². The van der Waals surface area contributed by atoms with Crippen molar-refractivity contribution < 1.29 is 9.13 Å². The fraction of sp³-hybridized carbons (Fsp3) is 0.240. The molecule has 0 amide bonds. The van der Waals surface area contributed by atoms with Crippen molar-refractivity contribution in [3.8, 4) is 11.8 Å². The van der Waals surface area contributed by atoms with Crippen LogP contribution in [-0.2, 0) is 6.54 Å². The number of benzene rings is 2. The maximum Gasteiger partial charge on any atom is 0.229 e. The van der Waals surface area contributed by atoms with E-state index in [-0.39, 0.29) is 11.7 Å². The number of rotatable bonds is 1. The first kappa shape index (κ1) is 20.9. The number of ether oxygens (including phenoxy) is 1. The Balaban J connectivity index is 1.66. The molecule has 1 unspecified atom stereocenters. The zero-order valence-corrected chi connectivity index (χ0v) is 18.4. The second-order valence-corrected chi connectivity index (χ2v) is 8.35. The molecule has 33 heavy (non-hydrogen) atoms. The van der Waals surface area contributed by atoms with Gasteiger partial charge < -0.3 is 19.9 Å². The molecule has 0 saturated heterocycles. The normalized spacial score (nSPS) is 18.6. The third-order valence-corrected chi connectivity index (χ3v) is 5.93. The second-order valence-electron chi connectivity index (χ2n) is 8.35. The molecule has 1 N–H and O–H groups in total. The average Bonchev–Trinajstić information content (AvgIpc) is 2.81. The summed E-state index contributed by atoms with van der Waals surface area (Å²) < 4.78 is 19.3. The molecule has 4 bridgehead atoms. The Labute approximate surface area is 191 Å². The average molecular weight is 442 g/mol. The Kier molecular flexibility index (Phi) is 5.40. The van der Waals surface area contributed by atoms with Crippen molar-refractivity contribution in [1.82, 2.24) is 14.9 Å². The van der Waals surface area contributed by atoms with Crippen LogP contribution in [0.15, 0.2) is 54.8 Å². The lowest BCUT2D eigenvalue weighted by Gasteiger charge is -2.34. The maximum atomic E-state index is 13.6. The fourth-order valence-corrected chi connectivity index (χ4v) is 4.32. The Morgan fingerprint density at radius 3 is 2.76 bits per heavy atom. The van der Waals surface area contributed by atoms with E-state index in [1.807, 2.05) is 30.2 Å². The molecule has 3 aromatic rings. The van der Waals surface area contributed by atoms with Crippen LogP contribution < -0.4 is 15.0 Å². The van der Waals surface area contributed by atoms with Crippen molar-refractivity contribution in [3.05, 3.63) is 83.0 Å². The number of aromatic nitrogens is 2. The van der Waals surface area contributed by atoms with Gasteiger partial charge in [0.2, 0.25) is 5.95 Å². The van der Waals surface area contributed by atoms with Gasteiger partial charge in [-0.25, -0.2) is 9.37 Å². The van der Waals surface area contributed by atoms with Crippen LogP contribution in [0.5, 0.6) is 5.75 Å². The molecule has 1 atom stereocenters. The van der Waals surface area contributed by atoms with E-state index in [4.69, 9.17) is 14.7 Å². The molecular weight excluding hydrogens is 419 g/mol. The van der Waals surface area contributed by atoms with E-state index in [0.29, 0.717) is 30.4 Å². The second kappa shape index (κ2) is 8.52. The van der Waals surface area contributed by atoms with Gasteiger partial charge in [0.1, 0.15) is 23.5 Å². The smallest absolute Gasteiger partial charge is 0.229 e. The van der Waals surface area contributed by atoms with Crippen molar-refractivity contribution in [2.45, 2.75) is 12.5 Å². The minimum absolute atomic E-state index is 0.0154. The number of nitrogens with one attached hydrogen (secondary N) is 1. The summed E-state index contributed by atoms with van der Waals surface area (Å²) >= 11 is 0. The minimum atomic E-state index is -0.256. The Bertz CT molecular complexity index is 1270. The van der Waals surface area contributed by atoms with Crippen molar-refractivity contribution in [3.63, 3.8) is 0 Å². The zero-order valence-electron chi connectivity index (χ0n) is 18.4. The van der Waals surface area contributed by atoms with Gasteiger partial charge in [0.05, 0.1) is 17.5 Å². The van der Waals surface area contributed by atoms with Gasteiger partial charge in [-0.1, -0.05) is 12.1 Å². The van der Waals surface area contributed by atoms with Crippen molar-refractivity contribution in [2.75, 3.05) is 37.4 Å². The number of hydrogen-bond acceptors (Lipinski definition) is 7. The molecule has 0 fully saturated rings. The van der Waals surface area contributed by atoms with Crippen molar-refractivity contribution in [2.24, 2.45) is 0 Å². The molecule has 2 aliphatic heterocycles. The predicted octanol–water partition coefficient (Wildman–Crippen LogP) is 4.15. The third-order valence-electron chi connectivity index (χ3n) is 5.93. The van der Waals surface area contributed by atoms with Crippen molar-refractivity contribution in [1.29, 1.82) is 5.26 Å². The third kappa shape index (κ3) is 4.11. The van der Waals surface area contributed by atoms with Gasteiger partial charge in [-0.2, -0.15) is 10.2 Å². The molecule has 0 radical (unpaired) electrons. The van der Waals surface area contributed by atoms with Gasteiger partial charge in [0.15, 0.2) is 0 Å². The molecule has 5 rings (SSSR count). The standard InChI is InChI=1S/C25H23FN6O/c1-31-14-20(16-4-7-18(26)8-5-16)23-21(15-31)24-30-25(29-23)28-19-9-6-17(13-27)22(12-19)33-11-3-10-32(24)2/h3-9,11-12,20H,10,14-15H2,1-2H3,(H,28,29,30)/b11-3-. The molecule has 8 heteroatoms. The molecule has 166 valence electrons. The summed E-state index contributed by atoms with van der Waals surface area (Å²) in [7, 11) is 4.05. The molecule has 0 spiro atoms. The first-order chi connectivity index (χ1) is 16.0. The summed E-state index contributed by atoms with van der Waals surface area (Å²) in [6.45, 7) is 2.05. The number of halogens is 1. The van der Waals surface area contributed by atoms with Crippen LogP contribution in [0.3, 0.4) is 0 Å². The van der Waals surface area contributed by atoms with Crippen molar-refractivity contribution >= 4 is 17.5 Å². The number of nitrogens with zero attached hydrogens (tertiary/aromatic N) is 5. The fourth-order valence-electron chi connectivity index (χ4n) is 4.32. The lowest BCUT2D eigenvalue weighted by atomic mass is 9.88. The number of fused-ring (bicyclic) bond motifs is 6. The monoisotopic (exact) mass is 442 g/mol. The van der Waals surface area contributed by atoms with Crippen LogP contribution in [0.4, 0.5) is 21.8 Å². The first-order valence-corrected chi connectivity index (χ1v) is 10.7. The summed E-state index contributed by atoms with van der Waals surface area (Å²) in [5.41, 5.74) is 4.17. The van der Waals surface area contributed by atoms with Gasteiger partial charge in [-0.05, 0) is 43.0 Å². The summed E-state index contributed by atoms with van der Waals surface area (Å²) in [5, 5.41) is 12.7. The Morgan fingerprint density at radius 2 is 1.97 bits per heavy atom. The van der Waals surface area contributed by atoms with Crippen LogP contribution in [0, 0.1) is 17.1 Å². The summed E-state index contributed by atoms with van der Waals surface area (Å²) in [6, 6.07) is 14.1. The van der Waals surface area contributed by atoms with Crippen LogP contribution >= 0.6 is 0 Å². The van der Waals surface area contributed by atoms with E-state index < -0.39 is 0 Å². The summed E-state index contributed by atoms with van der Waals surface area (Å²) in [6.07, 6.45) is 3.49. The molecule has 1 aromatic heterocycles. The van der Waals surface area contributed by atoms with E-state index in [2.05, 4.69) is 23.3 Å². The molecule has 7 nitrogen and oxygen atoms in total. The van der Waals surface area contributed by atoms with Crippen LogP contribution in [0.25, 0.3) is 0 Å². The van der Waals surface area contributed by atoms with Gasteiger partial charge in [0.25, 0.3) is 0 Å². The largest absolute Gasteiger partial charge is 0.464 e. The van der Waals surface area contributed by atoms with Crippen LogP contribution in [-0.4, -0.2) is 42.1 Å². The highest BCUT2D eigenvalue weighted by molar-refractivity contribution is 5.63. The predicted molar refractivity (Wildman–Crippen MR) is 124 cm³/mol. The van der Waals surface area contributed by atoms with E-state index in [1.165, 1.54) is 12.1 Å². The summed E-state index contributed by atoms with van der Waals surface area (Å²) in [5.74, 6) is 1.49. The van der Waals surface area contributed by atoms with E-state index in [0.717, 1.165) is 34.9 Å². The van der Waals surface area contributed by atoms with E-state index in [9.17, 15) is 9.65 Å². The topological polar surface area (TPSA) is 77.3 Å². The number of likely N-dealkylation sites (N-methyl/N-ethyl adjacent to an activating group) is 2. The lowest BCUT2D eigenvalue weighted by molar-refractivity contribution is 0.291. The van der Waals surface area contributed by atoms with Gasteiger partial charge >= 0.3 is 0 Å². The summed E-state index contributed by atoms with van der Waals surface area (Å²) in [4.78, 5) is 14.1. The van der Waals surface area contributed by atoms with Gasteiger partial charge in [0, 0.05) is 49.9 Å². The number of hydrogen-bond donors (Lipinski definition) is 1. The molecule has 0 saturated carbocycles. The van der Waals surface area contributed by atoms with Gasteiger partial charge in [-0.3, -0.25) is 0 Å². The molecule has 3 heterocycles. The highest BCUT2D eigenvalue weighted by atomic mass is 19.1. The Hall–Kier alpha value is -3.96. The zero-order chi connectivity index (χ0) is 22.9. The molecular formula is C25H23FN6O. The molecule has 0 aliphatic carbocycles. The maximum absolute atomic E-state index is 13.6. The number of nitriles is 1. The quantitative estimate of drug-likeness (QED) is 0.607. The van der Waals surface area contributed by atoms with Crippen LogP contribution in [0.2, 0.25) is 0 Å². The Morgan fingerprint density at radius 1 is 1.15 bits per heavy atom. The minimum Gasteiger partial charge on any atom is -0.464 e. The van der Waals surface area contributed by atoms with Gasteiger partial charge in [-0.15, -0.1) is 0 Å². The SMILES string of the molecule is CN1Cc2c(nc3nc2N(C)C/C=C\Oc2cc(ccc2C#N)N3)C(c2ccc(F)cc2)C1. The molecule has 2 aliphatic rings. The molecule has 2 aromatic carbocycles. The van der Waals surface area contributed by atoms with Crippen LogP contribution in [0.1, 0.15) is 28.3 Å². The highest BCUT2D eigenvalue weighted by Crippen LogP contribution is 2.37.